The van der Waals surface area contributed by atoms with Crippen LogP contribution in [0.2, 0.25) is 0 Å². The molecule has 3 saturated heterocycles. The Labute approximate surface area is 235 Å². The Morgan fingerprint density at radius 1 is 0.900 bits per heavy atom. The van der Waals surface area contributed by atoms with E-state index in [1.165, 1.54) is 0 Å². The van der Waals surface area contributed by atoms with Gasteiger partial charge in [0.05, 0.1) is 11.2 Å². The van der Waals surface area contributed by atoms with Crippen LogP contribution in [0.3, 0.4) is 0 Å². The maximum absolute atomic E-state index is 12.9. The number of likely N-dealkylation sites (tertiary alicyclic amines) is 2. The number of rotatable bonds is 5. The van der Waals surface area contributed by atoms with Crippen molar-refractivity contribution < 1.29 is 14.4 Å². The number of hydrogen-bond acceptors (Lipinski definition) is 4. The SMILES string of the molecule is Cc1cccc(C(=O)N2CCC(CN3CCC(n4ccc5c(N6CCC(=O)NC6=O)cc(C)cc54)CC3)CC2)c1. The normalized spacial score (nSPS) is 19.9. The van der Waals surface area contributed by atoms with Gasteiger partial charge in [-0.3, -0.25) is 19.8 Å². The highest BCUT2D eigenvalue weighted by Crippen LogP contribution is 2.35. The lowest BCUT2D eigenvalue weighted by Crippen LogP contribution is -2.49. The molecule has 0 saturated carbocycles. The quantitative estimate of drug-likeness (QED) is 0.499. The number of benzene rings is 2. The Bertz CT molecular complexity index is 1430. The minimum absolute atomic E-state index is 0.162. The van der Waals surface area contributed by atoms with Crippen LogP contribution in [0.5, 0.6) is 0 Å². The first-order valence-electron chi connectivity index (χ1n) is 14.7. The number of imide groups is 1. The average Bonchev–Trinajstić information content (AvgIpc) is 3.37. The third kappa shape index (κ3) is 5.37. The predicted molar refractivity (Wildman–Crippen MR) is 157 cm³/mol. The van der Waals surface area contributed by atoms with Gasteiger partial charge in [-0.1, -0.05) is 17.7 Å². The number of piperidine rings is 2. The number of urea groups is 1. The summed E-state index contributed by atoms with van der Waals surface area (Å²) in [7, 11) is 0. The van der Waals surface area contributed by atoms with Crippen molar-refractivity contribution in [3.05, 3.63) is 65.4 Å². The van der Waals surface area contributed by atoms with E-state index in [-0.39, 0.29) is 17.8 Å². The van der Waals surface area contributed by atoms with Gasteiger partial charge in [0.25, 0.3) is 5.91 Å². The van der Waals surface area contributed by atoms with Crippen molar-refractivity contribution in [3.8, 4) is 0 Å². The van der Waals surface area contributed by atoms with E-state index in [2.05, 4.69) is 40.0 Å². The molecular formula is C32H39N5O3. The molecule has 0 bridgehead atoms. The van der Waals surface area contributed by atoms with Crippen molar-refractivity contribution in [3.63, 3.8) is 0 Å². The lowest BCUT2D eigenvalue weighted by atomic mass is 9.94. The molecule has 0 spiro atoms. The molecule has 1 aromatic heterocycles. The second-order valence-corrected chi connectivity index (χ2v) is 11.8. The number of amides is 4. The number of hydrogen-bond donors (Lipinski definition) is 1. The summed E-state index contributed by atoms with van der Waals surface area (Å²) in [5.41, 5.74) is 5.07. The standard InChI is InChI=1S/C32H39N5O3/c1-22-4-3-5-25(18-22)31(39)35-14-6-24(7-15-35)21-34-12-8-26(9-13-34)36-16-10-27-28(36)19-23(2)20-29(27)37-17-11-30(38)33-32(37)40/h3-5,10,16,18-20,24,26H,6-9,11-15,17,21H2,1-2H3,(H,33,38,40). The lowest BCUT2D eigenvalue weighted by molar-refractivity contribution is -0.120. The Morgan fingerprint density at radius 3 is 2.40 bits per heavy atom. The van der Waals surface area contributed by atoms with Gasteiger partial charge in [0.1, 0.15) is 0 Å². The largest absolute Gasteiger partial charge is 0.344 e. The number of fused-ring (bicyclic) bond motifs is 1. The first-order valence-corrected chi connectivity index (χ1v) is 14.7. The fourth-order valence-corrected chi connectivity index (χ4v) is 6.74. The Balaban J connectivity index is 1.05. The Hall–Kier alpha value is -3.65. The van der Waals surface area contributed by atoms with E-state index >= 15 is 0 Å². The second-order valence-electron chi connectivity index (χ2n) is 11.8. The molecule has 0 atom stereocenters. The summed E-state index contributed by atoms with van der Waals surface area (Å²) in [4.78, 5) is 43.5. The smallest absolute Gasteiger partial charge is 0.328 e. The Morgan fingerprint density at radius 2 is 1.68 bits per heavy atom. The molecule has 4 heterocycles. The predicted octanol–water partition coefficient (Wildman–Crippen LogP) is 4.89. The maximum atomic E-state index is 12.9. The zero-order chi connectivity index (χ0) is 27.8. The molecule has 210 valence electrons. The molecule has 8 nitrogen and oxygen atoms in total. The van der Waals surface area contributed by atoms with Crippen LogP contribution in [0, 0.1) is 19.8 Å². The zero-order valence-electron chi connectivity index (χ0n) is 23.6. The molecule has 3 fully saturated rings. The summed E-state index contributed by atoms with van der Waals surface area (Å²) < 4.78 is 2.39. The molecule has 4 amide bonds. The molecule has 0 radical (unpaired) electrons. The fourth-order valence-electron chi connectivity index (χ4n) is 6.74. The minimum atomic E-state index is -0.338. The molecule has 1 N–H and O–H groups in total. The van der Waals surface area contributed by atoms with E-state index < -0.39 is 0 Å². The Kier molecular flexibility index (Phi) is 7.36. The number of anilines is 1. The van der Waals surface area contributed by atoms with Gasteiger partial charge in [-0.15, -0.1) is 0 Å². The van der Waals surface area contributed by atoms with Crippen LogP contribution in [0.1, 0.15) is 59.6 Å². The monoisotopic (exact) mass is 541 g/mol. The van der Waals surface area contributed by atoms with Crippen LogP contribution in [0.25, 0.3) is 10.9 Å². The van der Waals surface area contributed by atoms with E-state index in [1.54, 1.807) is 4.90 Å². The minimum Gasteiger partial charge on any atom is -0.344 e. The third-order valence-electron chi connectivity index (χ3n) is 8.94. The van der Waals surface area contributed by atoms with Crippen molar-refractivity contribution in [2.24, 2.45) is 5.92 Å². The number of aromatic nitrogens is 1. The molecule has 8 heteroatoms. The van der Waals surface area contributed by atoms with Gasteiger partial charge in [-0.05, 0) is 81.3 Å². The van der Waals surface area contributed by atoms with Gasteiger partial charge in [0.15, 0.2) is 0 Å². The van der Waals surface area contributed by atoms with Crippen LogP contribution < -0.4 is 10.2 Å². The van der Waals surface area contributed by atoms with Gasteiger partial charge >= 0.3 is 6.03 Å². The number of nitrogens with one attached hydrogen (secondary N) is 1. The molecule has 3 aromatic rings. The summed E-state index contributed by atoms with van der Waals surface area (Å²) in [5.74, 6) is 0.587. The van der Waals surface area contributed by atoms with Crippen LogP contribution >= 0.6 is 0 Å². The first kappa shape index (κ1) is 26.6. The molecule has 40 heavy (non-hydrogen) atoms. The molecule has 0 aliphatic carbocycles. The summed E-state index contributed by atoms with van der Waals surface area (Å²) in [5, 5.41) is 3.51. The fraction of sp³-hybridized carbons (Fsp3) is 0.469. The van der Waals surface area contributed by atoms with Gasteiger partial charge in [0, 0.05) is 68.9 Å². The number of carbonyl (C=O) groups is 3. The van der Waals surface area contributed by atoms with E-state index in [1.807, 2.05) is 42.2 Å². The highest BCUT2D eigenvalue weighted by Gasteiger charge is 2.29. The van der Waals surface area contributed by atoms with Crippen LogP contribution in [-0.2, 0) is 4.79 Å². The van der Waals surface area contributed by atoms with E-state index in [0.29, 0.717) is 24.9 Å². The van der Waals surface area contributed by atoms with E-state index in [9.17, 15) is 14.4 Å². The highest BCUT2D eigenvalue weighted by molar-refractivity contribution is 6.09. The molecule has 3 aliphatic heterocycles. The van der Waals surface area contributed by atoms with Crippen LogP contribution in [0.4, 0.5) is 10.5 Å². The number of nitrogens with zero attached hydrogens (tertiary/aromatic N) is 4. The van der Waals surface area contributed by atoms with Gasteiger partial charge in [-0.25, -0.2) is 4.79 Å². The topological polar surface area (TPSA) is 77.9 Å². The number of aryl methyl sites for hydroxylation is 2. The maximum Gasteiger partial charge on any atom is 0.328 e. The summed E-state index contributed by atoms with van der Waals surface area (Å²) >= 11 is 0. The molecule has 2 aromatic carbocycles. The van der Waals surface area contributed by atoms with Gasteiger partial charge in [0.2, 0.25) is 5.91 Å². The van der Waals surface area contributed by atoms with Gasteiger partial charge in [-0.2, -0.15) is 0 Å². The number of carbonyl (C=O) groups excluding carboxylic acids is 3. The van der Waals surface area contributed by atoms with Crippen LogP contribution in [-0.4, -0.2) is 71.5 Å². The van der Waals surface area contributed by atoms with E-state index in [0.717, 1.165) is 91.7 Å². The average molecular weight is 542 g/mol. The van der Waals surface area contributed by atoms with E-state index in [4.69, 9.17) is 0 Å². The summed E-state index contributed by atoms with van der Waals surface area (Å²) in [6, 6.07) is 14.4. The van der Waals surface area contributed by atoms with Crippen molar-refractivity contribution >= 4 is 34.4 Å². The van der Waals surface area contributed by atoms with Crippen LogP contribution in [0.15, 0.2) is 48.7 Å². The second kappa shape index (κ2) is 11.1. The van der Waals surface area contributed by atoms with Crippen molar-refractivity contribution in [2.75, 3.05) is 44.2 Å². The van der Waals surface area contributed by atoms with Crippen molar-refractivity contribution in [1.82, 2.24) is 19.7 Å². The van der Waals surface area contributed by atoms with Crippen molar-refractivity contribution in [1.29, 1.82) is 0 Å². The molecule has 6 rings (SSSR count). The first-order chi connectivity index (χ1) is 19.4. The third-order valence-corrected chi connectivity index (χ3v) is 8.94. The lowest BCUT2D eigenvalue weighted by Gasteiger charge is -2.38. The summed E-state index contributed by atoms with van der Waals surface area (Å²) in [6.07, 6.45) is 6.81. The zero-order valence-corrected chi connectivity index (χ0v) is 23.6. The van der Waals surface area contributed by atoms with Crippen molar-refractivity contribution in [2.45, 2.75) is 52.0 Å². The highest BCUT2D eigenvalue weighted by atomic mass is 16.2. The van der Waals surface area contributed by atoms with Gasteiger partial charge < -0.3 is 14.4 Å². The molecule has 3 aliphatic rings. The summed E-state index contributed by atoms with van der Waals surface area (Å²) in [6.45, 7) is 9.44. The molecular weight excluding hydrogens is 502 g/mol. The molecule has 0 unspecified atom stereocenters.